The zero-order valence-corrected chi connectivity index (χ0v) is 16.1. The summed E-state index contributed by atoms with van der Waals surface area (Å²) in [4.78, 5) is 26.0. The van der Waals surface area contributed by atoms with Gasteiger partial charge in [0.15, 0.2) is 0 Å². The van der Waals surface area contributed by atoms with E-state index in [1.54, 1.807) is 18.2 Å². The van der Waals surface area contributed by atoms with Crippen LogP contribution in [0.2, 0.25) is 0 Å². The van der Waals surface area contributed by atoms with Crippen LogP contribution in [0, 0.1) is 0 Å². The molecule has 1 saturated heterocycles. The van der Waals surface area contributed by atoms with Crippen molar-refractivity contribution in [2.75, 3.05) is 6.61 Å². The lowest BCUT2D eigenvalue weighted by Crippen LogP contribution is -2.43. The Kier molecular flexibility index (Phi) is 7.41. The number of carboxylic acid groups (broad SMARTS) is 1. The SMILES string of the molecule is C=CCOc1ccccc1C=C1SC(=S)N(C(CCCC)C(=O)O)C1=O. The largest absolute Gasteiger partial charge is 0.489 e. The van der Waals surface area contributed by atoms with Crippen molar-refractivity contribution in [3.63, 3.8) is 0 Å². The summed E-state index contributed by atoms with van der Waals surface area (Å²) in [5.41, 5.74) is 0.732. The molecule has 1 unspecified atom stereocenters. The third-order valence-electron chi connectivity index (χ3n) is 3.81. The topological polar surface area (TPSA) is 66.8 Å². The van der Waals surface area contributed by atoms with Crippen molar-refractivity contribution in [3.05, 3.63) is 47.4 Å². The van der Waals surface area contributed by atoms with E-state index in [1.165, 1.54) is 4.90 Å². The van der Waals surface area contributed by atoms with Crippen molar-refractivity contribution in [2.45, 2.75) is 32.2 Å². The smallest absolute Gasteiger partial charge is 0.326 e. The Hall–Kier alpha value is -2.12. The lowest BCUT2D eigenvalue weighted by Gasteiger charge is -2.22. The first-order valence-electron chi connectivity index (χ1n) is 8.32. The summed E-state index contributed by atoms with van der Waals surface area (Å²) in [6, 6.07) is 6.38. The van der Waals surface area contributed by atoms with Crippen LogP contribution in [0.15, 0.2) is 41.8 Å². The summed E-state index contributed by atoms with van der Waals surface area (Å²) >= 11 is 6.40. The van der Waals surface area contributed by atoms with Gasteiger partial charge in [0.1, 0.15) is 22.7 Å². The molecule has 1 N–H and O–H groups in total. The monoisotopic (exact) mass is 391 g/mol. The number of carbonyl (C=O) groups excluding carboxylic acids is 1. The van der Waals surface area contributed by atoms with E-state index in [0.717, 1.165) is 23.7 Å². The molecular weight excluding hydrogens is 370 g/mol. The van der Waals surface area contributed by atoms with E-state index in [1.807, 2.05) is 25.1 Å². The number of amides is 1. The first kappa shape index (κ1) is 20.2. The third-order valence-corrected chi connectivity index (χ3v) is 5.14. The van der Waals surface area contributed by atoms with Crippen LogP contribution in [0.5, 0.6) is 5.75 Å². The number of carboxylic acids is 1. The number of thioether (sulfide) groups is 1. The zero-order valence-electron chi connectivity index (χ0n) is 14.5. The van der Waals surface area contributed by atoms with E-state index in [2.05, 4.69) is 6.58 Å². The Labute approximate surface area is 162 Å². The summed E-state index contributed by atoms with van der Waals surface area (Å²) < 4.78 is 5.87. The summed E-state index contributed by atoms with van der Waals surface area (Å²) in [6.45, 7) is 5.95. The molecule has 1 fully saturated rings. The van der Waals surface area contributed by atoms with Gasteiger partial charge in [-0.05, 0) is 18.6 Å². The molecule has 1 aromatic rings. The van der Waals surface area contributed by atoms with E-state index < -0.39 is 12.0 Å². The van der Waals surface area contributed by atoms with Crippen molar-refractivity contribution in [1.29, 1.82) is 0 Å². The highest BCUT2D eigenvalue weighted by molar-refractivity contribution is 8.26. The molecular formula is C19H21NO4S2. The van der Waals surface area contributed by atoms with Gasteiger partial charge in [-0.15, -0.1) is 0 Å². The summed E-state index contributed by atoms with van der Waals surface area (Å²) in [7, 11) is 0. The molecule has 138 valence electrons. The number of benzene rings is 1. The lowest BCUT2D eigenvalue weighted by atomic mass is 10.1. The Balaban J connectivity index is 2.29. The molecule has 1 aliphatic heterocycles. The van der Waals surface area contributed by atoms with Gasteiger partial charge in [0.2, 0.25) is 0 Å². The first-order chi connectivity index (χ1) is 12.5. The summed E-state index contributed by atoms with van der Waals surface area (Å²) in [5, 5.41) is 9.50. The van der Waals surface area contributed by atoms with E-state index in [4.69, 9.17) is 17.0 Å². The minimum absolute atomic E-state index is 0.272. The normalized spacial score (nSPS) is 16.8. The predicted octanol–water partition coefficient (Wildman–Crippen LogP) is 4.10. The maximum absolute atomic E-state index is 12.8. The second-order valence-corrected chi connectivity index (χ2v) is 7.36. The minimum atomic E-state index is -1.04. The van der Waals surface area contributed by atoms with E-state index in [-0.39, 0.29) is 10.2 Å². The Morgan fingerprint density at radius 2 is 2.19 bits per heavy atom. The molecule has 7 heteroatoms. The number of hydrogen-bond acceptors (Lipinski definition) is 5. The molecule has 2 rings (SSSR count). The Morgan fingerprint density at radius 3 is 2.85 bits per heavy atom. The molecule has 1 aliphatic rings. The van der Waals surface area contributed by atoms with Gasteiger partial charge in [-0.25, -0.2) is 4.79 Å². The van der Waals surface area contributed by atoms with Crippen LogP contribution in [0.3, 0.4) is 0 Å². The van der Waals surface area contributed by atoms with Gasteiger partial charge in [0.25, 0.3) is 5.91 Å². The van der Waals surface area contributed by atoms with Gasteiger partial charge in [0, 0.05) is 5.56 Å². The second kappa shape index (κ2) is 9.54. The molecule has 1 aromatic carbocycles. The molecule has 0 aliphatic carbocycles. The number of carbonyl (C=O) groups is 2. The molecule has 0 aromatic heterocycles. The highest BCUT2D eigenvalue weighted by Gasteiger charge is 2.40. The van der Waals surface area contributed by atoms with Crippen molar-refractivity contribution in [1.82, 2.24) is 4.90 Å². The fraction of sp³-hybridized carbons (Fsp3) is 0.316. The van der Waals surface area contributed by atoms with Crippen LogP contribution >= 0.6 is 24.0 Å². The third kappa shape index (κ3) is 4.74. The van der Waals surface area contributed by atoms with Gasteiger partial charge in [0.05, 0.1) is 4.91 Å². The molecule has 0 spiro atoms. The van der Waals surface area contributed by atoms with Gasteiger partial charge in [-0.2, -0.15) is 0 Å². The quantitative estimate of drug-likeness (QED) is 0.388. The summed E-state index contributed by atoms with van der Waals surface area (Å²) in [6.07, 6.45) is 5.27. The average molecular weight is 392 g/mol. The van der Waals surface area contributed by atoms with Crippen molar-refractivity contribution >= 4 is 46.3 Å². The van der Waals surface area contributed by atoms with Gasteiger partial charge in [-0.1, -0.05) is 74.6 Å². The van der Waals surface area contributed by atoms with Crippen LogP contribution in [0.1, 0.15) is 31.7 Å². The summed E-state index contributed by atoms with van der Waals surface area (Å²) in [5.74, 6) is -0.786. The molecule has 0 bridgehead atoms. The molecule has 0 saturated carbocycles. The van der Waals surface area contributed by atoms with E-state index in [9.17, 15) is 14.7 Å². The molecule has 1 amide bonds. The molecule has 0 radical (unpaired) electrons. The first-order valence-corrected chi connectivity index (χ1v) is 9.54. The van der Waals surface area contributed by atoms with Gasteiger partial charge < -0.3 is 9.84 Å². The van der Waals surface area contributed by atoms with Crippen LogP contribution in [-0.4, -0.2) is 38.9 Å². The average Bonchev–Trinajstić information content (AvgIpc) is 2.89. The van der Waals surface area contributed by atoms with Crippen molar-refractivity contribution in [2.24, 2.45) is 0 Å². The number of aliphatic carboxylic acids is 1. The number of rotatable bonds is 9. The highest BCUT2D eigenvalue weighted by atomic mass is 32.2. The number of ether oxygens (including phenoxy) is 1. The minimum Gasteiger partial charge on any atom is -0.489 e. The van der Waals surface area contributed by atoms with Gasteiger partial charge in [-0.3, -0.25) is 9.69 Å². The number of nitrogens with zero attached hydrogens (tertiary/aromatic N) is 1. The second-order valence-electron chi connectivity index (χ2n) is 5.69. The molecule has 1 atom stereocenters. The number of para-hydroxylation sites is 1. The fourth-order valence-corrected chi connectivity index (χ4v) is 3.88. The number of hydrogen-bond donors (Lipinski definition) is 1. The van der Waals surface area contributed by atoms with Crippen molar-refractivity contribution in [3.8, 4) is 5.75 Å². The lowest BCUT2D eigenvalue weighted by molar-refractivity contribution is -0.145. The van der Waals surface area contributed by atoms with E-state index in [0.29, 0.717) is 30.1 Å². The molecule has 26 heavy (non-hydrogen) atoms. The van der Waals surface area contributed by atoms with Crippen LogP contribution in [0.25, 0.3) is 6.08 Å². The van der Waals surface area contributed by atoms with Crippen molar-refractivity contribution < 1.29 is 19.4 Å². The molecule has 1 heterocycles. The Morgan fingerprint density at radius 1 is 1.46 bits per heavy atom. The maximum atomic E-state index is 12.8. The Bertz CT molecular complexity index is 745. The zero-order chi connectivity index (χ0) is 19.1. The predicted molar refractivity (Wildman–Crippen MR) is 108 cm³/mol. The number of unbranched alkanes of at least 4 members (excludes halogenated alkanes) is 1. The molecule has 5 nitrogen and oxygen atoms in total. The fourth-order valence-electron chi connectivity index (χ4n) is 2.53. The van der Waals surface area contributed by atoms with Crippen LogP contribution in [-0.2, 0) is 9.59 Å². The van der Waals surface area contributed by atoms with Crippen LogP contribution in [0.4, 0.5) is 0 Å². The highest BCUT2D eigenvalue weighted by Crippen LogP contribution is 2.36. The van der Waals surface area contributed by atoms with Crippen LogP contribution < -0.4 is 4.74 Å². The van der Waals surface area contributed by atoms with Gasteiger partial charge >= 0.3 is 5.97 Å². The van der Waals surface area contributed by atoms with E-state index >= 15 is 0 Å². The maximum Gasteiger partial charge on any atom is 0.326 e. The number of thiocarbonyl (C=S) groups is 1. The standard InChI is InChI=1S/C19H21NO4S2/c1-3-5-9-14(18(22)23)20-17(21)16(26-19(20)25)12-13-8-6-7-10-15(13)24-11-4-2/h4,6-8,10,12,14H,2-3,5,9,11H2,1H3,(H,22,23).